The van der Waals surface area contributed by atoms with Gasteiger partial charge in [0.25, 0.3) is 0 Å². The van der Waals surface area contributed by atoms with Crippen molar-refractivity contribution in [3.63, 3.8) is 0 Å². The maximum Gasteiger partial charge on any atom is 0.305 e. The molecule has 7 nitrogen and oxygen atoms in total. The number of unbranched alkanes of at least 4 members (excludes halogenated alkanes) is 5. The molecule has 0 spiro atoms. The van der Waals surface area contributed by atoms with Crippen molar-refractivity contribution in [1.82, 2.24) is 0 Å². The van der Waals surface area contributed by atoms with Crippen molar-refractivity contribution in [3.8, 4) is 11.5 Å². The van der Waals surface area contributed by atoms with Crippen molar-refractivity contribution in [2.75, 3.05) is 19.8 Å². The lowest BCUT2D eigenvalue weighted by atomic mass is 9.82. The first-order valence-electron chi connectivity index (χ1n) is 14.2. The minimum Gasteiger partial charge on any atom is -0.493 e. The summed E-state index contributed by atoms with van der Waals surface area (Å²) >= 11 is 0. The Balaban J connectivity index is 2.26. The molecule has 0 saturated carbocycles. The molecule has 1 aromatic carbocycles. The summed E-state index contributed by atoms with van der Waals surface area (Å²) < 4.78 is 23.0. The molecule has 208 valence electrons. The van der Waals surface area contributed by atoms with Gasteiger partial charge in [0.05, 0.1) is 31.8 Å². The third-order valence-corrected chi connectivity index (χ3v) is 6.75. The Bertz CT molecular complexity index is 855. The lowest BCUT2D eigenvalue weighted by molar-refractivity contribution is -0.145. The first kappa shape index (κ1) is 30.7. The average molecular weight is 519 g/mol. The van der Waals surface area contributed by atoms with Gasteiger partial charge in [0, 0.05) is 18.4 Å². The number of carbonyl (C=O) groups excluding carboxylic acids is 3. The quantitative estimate of drug-likeness (QED) is 0.156. The molecule has 2 rings (SSSR count). The molecule has 0 aliphatic carbocycles. The van der Waals surface area contributed by atoms with Crippen LogP contribution in [0.25, 0.3) is 0 Å². The fourth-order valence-electron chi connectivity index (χ4n) is 4.80. The first-order valence-corrected chi connectivity index (χ1v) is 14.2. The van der Waals surface area contributed by atoms with Gasteiger partial charge in [-0.2, -0.15) is 0 Å². The molecule has 1 aromatic rings. The smallest absolute Gasteiger partial charge is 0.305 e. The van der Waals surface area contributed by atoms with Crippen molar-refractivity contribution in [2.24, 2.45) is 0 Å². The van der Waals surface area contributed by atoms with E-state index in [1.165, 1.54) is 25.7 Å². The van der Waals surface area contributed by atoms with Gasteiger partial charge in [-0.05, 0) is 51.7 Å². The van der Waals surface area contributed by atoms with Crippen molar-refractivity contribution in [2.45, 2.75) is 117 Å². The molecule has 0 N–H and O–H groups in total. The number of hydrogen-bond donors (Lipinski definition) is 0. The summed E-state index contributed by atoms with van der Waals surface area (Å²) in [6, 6.07) is 3.67. The van der Waals surface area contributed by atoms with Crippen LogP contribution < -0.4 is 9.47 Å². The van der Waals surface area contributed by atoms with Crippen LogP contribution in [0.1, 0.15) is 121 Å². The Kier molecular flexibility index (Phi) is 13.5. The van der Waals surface area contributed by atoms with Crippen molar-refractivity contribution in [3.05, 3.63) is 23.3 Å². The van der Waals surface area contributed by atoms with Crippen molar-refractivity contribution >= 4 is 17.7 Å². The Labute approximate surface area is 222 Å². The number of Topliss-reactive ketones (excluding diaryl/α,β-unsaturated/α-hetero) is 1. The van der Waals surface area contributed by atoms with Crippen LogP contribution in [0.3, 0.4) is 0 Å². The topological polar surface area (TPSA) is 88.1 Å². The van der Waals surface area contributed by atoms with Crippen LogP contribution in [0.2, 0.25) is 0 Å². The van der Waals surface area contributed by atoms with Crippen molar-refractivity contribution in [1.29, 1.82) is 0 Å². The van der Waals surface area contributed by atoms with E-state index in [1.54, 1.807) is 19.9 Å². The molecular weight excluding hydrogens is 472 g/mol. The Morgan fingerprint density at radius 1 is 0.865 bits per heavy atom. The molecule has 0 unspecified atom stereocenters. The summed E-state index contributed by atoms with van der Waals surface area (Å²) in [5.41, 5.74) is 0.443. The molecule has 0 bridgehead atoms. The van der Waals surface area contributed by atoms with Gasteiger partial charge in [0.1, 0.15) is 17.1 Å². The fourth-order valence-corrected chi connectivity index (χ4v) is 4.80. The lowest BCUT2D eigenvalue weighted by Gasteiger charge is -2.39. The van der Waals surface area contributed by atoms with Crippen molar-refractivity contribution < 1.29 is 33.3 Å². The van der Waals surface area contributed by atoms with Gasteiger partial charge in [-0.1, -0.05) is 52.4 Å². The summed E-state index contributed by atoms with van der Waals surface area (Å²) in [4.78, 5) is 37.7. The van der Waals surface area contributed by atoms with Gasteiger partial charge in [0.15, 0.2) is 5.78 Å². The zero-order chi connectivity index (χ0) is 27.1. The van der Waals surface area contributed by atoms with E-state index in [1.807, 2.05) is 6.07 Å². The molecule has 1 heterocycles. The molecule has 37 heavy (non-hydrogen) atoms. The SMILES string of the molecule is CCCCCCCCOc1ccc2c(c1CCC)OC(CCC(=O)OCC)(CCC(=O)OCC)CC2=O. The maximum atomic E-state index is 13.3. The molecule has 0 saturated heterocycles. The Morgan fingerprint density at radius 3 is 2.08 bits per heavy atom. The molecule has 1 aliphatic heterocycles. The molecule has 0 amide bonds. The van der Waals surface area contributed by atoms with Crippen LogP contribution in [-0.4, -0.2) is 43.1 Å². The number of hydrogen-bond acceptors (Lipinski definition) is 7. The monoisotopic (exact) mass is 518 g/mol. The maximum absolute atomic E-state index is 13.3. The van der Waals surface area contributed by atoms with Gasteiger partial charge in [-0.15, -0.1) is 0 Å². The molecule has 7 heteroatoms. The molecule has 0 radical (unpaired) electrons. The minimum atomic E-state index is -0.982. The molecular formula is C30H46O7. The summed E-state index contributed by atoms with van der Waals surface area (Å²) in [7, 11) is 0. The van der Waals surface area contributed by atoms with Gasteiger partial charge in [-0.3, -0.25) is 14.4 Å². The third kappa shape index (κ3) is 9.67. The summed E-state index contributed by atoms with van der Waals surface area (Å²) in [6.45, 7) is 9.00. The summed E-state index contributed by atoms with van der Waals surface area (Å²) in [6.07, 6.45) is 9.52. The molecule has 1 aliphatic rings. The van der Waals surface area contributed by atoms with Crippen LogP contribution in [0.15, 0.2) is 12.1 Å². The molecule has 0 atom stereocenters. The zero-order valence-electron chi connectivity index (χ0n) is 23.3. The lowest BCUT2D eigenvalue weighted by Crippen LogP contribution is -2.43. The average Bonchev–Trinajstić information content (AvgIpc) is 2.87. The van der Waals surface area contributed by atoms with E-state index in [2.05, 4.69) is 13.8 Å². The Morgan fingerprint density at radius 2 is 1.49 bits per heavy atom. The number of carbonyl (C=O) groups is 3. The highest BCUT2D eigenvalue weighted by atomic mass is 16.5. The van der Waals surface area contributed by atoms with Crippen LogP contribution in [0.4, 0.5) is 0 Å². The van der Waals surface area contributed by atoms with Gasteiger partial charge in [0.2, 0.25) is 0 Å². The van der Waals surface area contributed by atoms with E-state index in [9.17, 15) is 14.4 Å². The second-order valence-electron chi connectivity index (χ2n) is 9.78. The number of esters is 2. The number of rotatable bonds is 18. The van der Waals surface area contributed by atoms with E-state index in [0.717, 1.165) is 30.6 Å². The van der Waals surface area contributed by atoms with E-state index in [-0.39, 0.29) is 63.0 Å². The number of benzene rings is 1. The summed E-state index contributed by atoms with van der Waals surface area (Å²) in [5, 5.41) is 0. The van der Waals surface area contributed by atoms with Crippen LogP contribution in [-0.2, 0) is 25.5 Å². The van der Waals surface area contributed by atoms with Gasteiger partial charge >= 0.3 is 11.9 Å². The fraction of sp³-hybridized carbons (Fsp3) is 0.700. The molecule has 0 fully saturated rings. The van der Waals surface area contributed by atoms with Crippen LogP contribution in [0.5, 0.6) is 11.5 Å². The highest BCUT2D eigenvalue weighted by Crippen LogP contribution is 2.44. The van der Waals surface area contributed by atoms with E-state index < -0.39 is 5.60 Å². The number of ether oxygens (including phenoxy) is 4. The normalized spacial score (nSPS) is 14.0. The highest BCUT2D eigenvalue weighted by molar-refractivity contribution is 6.01. The molecule has 0 aromatic heterocycles. The predicted octanol–water partition coefficient (Wildman–Crippen LogP) is 6.77. The van der Waals surface area contributed by atoms with E-state index >= 15 is 0 Å². The van der Waals surface area contributed by atoms with E-state index in [0.29, 0.717) is 24.3 Å². The van der Waals surface area contributed by atoms with Gasteiger partial charge in [-0.25, -0.2) is 0 Å². The Hall–Kier alpha value is -2.57. The largest absolute Gasteiger partial charge is 0.493 e. The summed E-state index contributed by atoms with van der Waals surface area (Å²) in [5.74, 6) is 0.544. The predicted molar refractivity (Wildman–Crippen MR) is 143 cm³/mol. The van der Waals surface area contributed by atoms with Crippen LogP contribution >= 0.6 is 0 Å². The first-order chi connectivity index (χ1) is 17.9. The third-order valence-electron chi connectivity index (χ3n) is 6.75. The van der Waals surface area contributed by atoms with Gasteiger partial charge < -0.3 is 18.9 Å². The number of ketones is 1. The van der Waals surface area contributed by atoms with Crippen LogP contribution in [0, 0.1) is 0 Å². The second-order valence-corrected chi connectivity index (χ2v) is 9.78. The highest BCUT2D eigenvalue weighted by Gasteiger charge is 2.42. The zero-order valence-corrected chi connectivity index (χ0v) is 23.3. The second kappa shape index (κ2) is 16.3. The van der Waals surface area contributed by atoms with E-state index in [4.69, 9.17) is 18.9 Å². The standard InChI is InChI=1S/C30H46O7/c1-5-9-10-11-12-13-21-36-26-16-15-23-25(31)22-30(19-17-27(32)34-7-3,20-18-28(33)35-8-4)37-29(23)24(26)14-6-2/h15-16H,5-14,17-22H2,1-4H3. The minimum absolute atomic E-state index is 0.0474. The number of fused-ring (bicyclic) bond motifs is 1.